The van der Waals surface area contributed by atoms with E-state index < -0.39 is 0 Å². The highest BCUT2D eigenvalue weighted by Crippen LogP contribution is 2.50. The molecule has 0 aromatic heterocycles. The molecule has 2 aromatic rings. The largest absolute Gasteiger partial charge is 0.303 e. The quantitative estimate of drug-likeness (QED) is 0.740. The average Bonchev–Trinajstić information content (AvgIpc) is 2.95. The fraction of sp³-hybridized carbons (Fsp3) is 0.455. The normalized spacial score (nSPS) is 18.8. The Morgan fingerprint density at radius 3 is 2.00 bits per heavy atom. The van der Waals surface area contributed by atoms with Crippen LogP contribution < -0.4 is 0 Å². The molecule has 1 aliphatic carbocycles. The smallest absolute Gasteiger partial charge is 0.0131 e. The summed E-state index contributed by atoms with van der Waals surface area (Å²) < 4.78 is 0. The van der Waals surface area contributed by atoms with Gasteiger partial charge in [-0.25, -0.2) is 0 Å². The standard InChI is InChI=1S/C22H27N/c1-2-3-14-23-15-12-17(13-16-23)22-20-10-6-4-8-18(20)19-9-5-7-11-21(19)22/h4-11,17,22H,2-3,12-16H2,1H3. The molecule has 0 radical (unpaired) electrons. The molecule has 1 heteroatoms. The molecule has 2 aliphatic rings. The zero-order valence-electron chi connectivity index (χ0n) is 14.2. The molecule has 2 aromatic carbocycles. The lowest BCUT2D eigenvalue weighted by Gasteiger charge is -2.35. The van der Waals surface area contributed by atoms with Gasteiger partial charge in [-0.15, -0.1) is 0 Å². The topological polar surface area (TPSA) is 3.24 Å². The molecule has 1 nitrogen and oxygen atoms in total. The molecule has 0 amide bonds. The third-order valence-electron chi connectivity index (χ3n) is 5.81. The monoisotopic (exact) mass is 305 g/mol. The molecule has 0 bridgehead atoms. The summed E-state index contributed by atoms with van der Waals surface area (Å²) >= 11 is 0. The highest BCUT2D eigenvalue weighted by Gasteiger charge is 2.35. The van der Waals surface area contributed by atoms with Gasteiger partial charge in [0.05, 0.1) is 0 Å². The van der Waals surface area contributed by atoms with E-state index in [4.69, 9.17) is 0 Å². The van der Waals surface area contributed by atoms with Crippen LogP contribution in [0.25, 0.3) is 11.1 Å². The molecule has 0 spiro atoms. The number of nitrogens with zero attached hydrogens (tertiary/aromatic N) is 1. The van der Waals surface area contributed by atoms with E-state index in [1.54, 1.807) is 11.1 Å². The van der Waals surface area contributed by atoms with Gasteiger partial charge in [0, 0.05) is 5.92 Å². The third kappa shape index (κ3) is 2.72. The molecular weight excluding hydrogens is 278 g/mol. The summed E-state index contributed by atoms with van der Waals surface area (Å²) in [5.41, 5.74) is 6.09. The SMILES string of the molecule is CCCCN1CCC(C2c3ccccc3-c3ccccc32)CC1. The molecule has 1 aliphatic heterocycles. The number of hydrogen-bond acceptors (Lipinski definition) is 1. The minimum atomic E-state index is 0.621. The van der Waals surface area contributed by atoms with Gasteiger partial charge < -0.3 is 4.90 Å². The van der Waals surface area contributed by atoms with Gasteiger partial charge in [-0.05, 0) is 67.1 Å². The van der Waals surface area contributed by atoms with E-state index >= 15 is 0 Å². The summed E-state index contributed by atoms with van der Waals surface area (Å²) in [6, 6.07) is 18.2. The van der Waals surface area contributed by atoms with Crippen molar-refractivity contribution in [3.8, 4) is 11.1 Å². The van der Waals surface area contributed by atoms with E-state index in [-0.39, 0.29) is 0 Å². The molecule has 1 saturated heterocycles. The van der Waals surface area contributed by atoms with Gasteiger partial charge in [0.1, 0.15) is 0 Å². The van der Waals surface area contributed by atoms with Crippen molar-refractivity contribution in [2.24, 2.45) is 5.92 Å². The van der Waals surface area contributed by atoms with Crippen molar-refractivity contribution in [2.75, 3.05) is 19.6 Å². The van der Waals surface area contributed by atoms with Gasteiger partial charge in [0.15, 0.2) is 0 Å². The van der Waals surface area contributed by atoms with E-state index in [1.807, 2.05) is 0 Å². The van der Waals surface area contributed by atoms with Crippen LogP contribution in [0.5, 0.6) is 0 Å². The third-order valence-corrected chi connectivity index (χ3v) is 5.81. The Morgan fingerprint density at radius 2 is 1.43 bits per heavy atom. The first-order valence-electron chi connectivity index (χ1n) is 9.29. The van der Waals surface area contributed by atoms with Crippen molar-refractivity contribution in [1.29, 1.82) is 0 Å². The lowest BCUT2D eigenvalue weighted by molar-refractivity contribution is 0.174. The van der Waals surface area contributed by atoms with Crippen LogP contribution in [0.1, 0.15) is 49.7 Å². The molecule has 4 rings (SSSR count). The highest BCUT2D eigenvalue weighted by molar-refractivity contribution is 5.78. The first kappa shape index (κ1) is 15.0. The zero-order chi connectivity index (χ0) is 15.6. The summed E-state index contributed by atoms with van der Waals surface area (Å²) in [7, 11) is 0. The predicted molar refractivity (Wildman–Crippen MR) is 97.8 cm³/mol. The second kappa shape index (κ2) is 6.49. The van der Waals surface area contributed by atoms with Crippen LogP contribution in [0.2, 0.25) is 0 Å². The van der Waals surface area contributed by atoms with Crippen LogP contribution in [0.15, 0.2) is 48.5 Å². The van der Waals surface area contributed by atoms with Crippen LogP contribution >= 0.6 is 0 Å². The summed E-state index contributed by atoms with van der Waals surface area (Å²) in [5, 5.41) is 0. The van der Waals surface area contributed by atoms with Crippen LogP contribution in [0, 0.1) is 5.92 Å². The number of likely N-dealkylation sites (tertiary alicyclic amines) is 1. The zero-order valence-corrected chi connectivity index (χ0v) is 14.2. The lowest BCUT2D eigenvalue weighted by Crippen LogP contribution is -2.36. The molecule has 23 heavy (non-hydrogen) atoms. The second-order valence-electron chi connectivity index (χ2n) is 7.18. The molecule has 0 saturated carbocycles. The van der Waals surface area contributed by atoms with Gasteiger partial charge in [-0.3, -0.25) is 0 Å². The fourth-order valence-corrected chi connectivity index (χ4v) is 4.59. The van der Waals surface area contributed by atoms with Crippen LogP contribution in [-0.4, -0.2) is 24.5 Å². The Balaban J connectivity index is 1.58. The second-order valence-corrected chi connectivity index (χ2v) is 7.18. The van der Waals surface area contributed by atoms with Gasteiger partial charge in [0.2, 0.25) is 0 Å². The number of hydrogen-bond donors (Lipinski definition) is 0. The first-order chi connectivity index (χ1) is 11.4. The minimum absolute atomic E-state index is 0.621. The number of unbranched alkanes of at least 4 members (excludes halogenated alkanes) is 1. The van der Waals surface area contributed by atoms with Crippen molar-refractivity contribution in [3.05, 3.63) is 59.7 Å². The molecule has 1 fully saturated rings. The van der Waals surface area contributed by atoms with Crippen molar-refractivity contribution in [2.45, 2.75) is 38.5 Å². The lowest BCUT2D eigenvalue weighted by atomic mass is 9.78. The fourth-order valence-electron chi connectivity index (χ4n) is 4.59. The van der Waals surface area contributed by atoms with Crippen LogP contribution in [-0.2, 0) is 0 Å². The summed E-state index contributed by atoms with van der Waals surface area (Å²) in [6.45, 7) is 6.15. The Bertz CT molecular complexity index is 622. The maximum atomic E-state index is 2.67. The van der Waals surface area contributed by atoms with Gasteiger partial charge >= 0.3 is 0 Å². The molecule has 0 N–H and O–H groups in total. The maximum Gasteiger partial charge on any atom is 0.0131 e. The molecule has 0 unspecified atom stereocenters. The van der Waals surface area contributed by atoms with Crippen molar-refractivity contribution >= 4 is 0 Å². The molecule has 0 atom stereocenters. The van der Waals surface area contributed by atoms with E-state index in [0.717, 1.165) is 5.92 Å². The maximum absolute atomic E-state index is 2.67. The van der Waals surface area contributed by atoms with E-state index in [2.05, 4.69) is 60.4 Å². The summed E-state index contributed by atoms with van der Waals surface area (Å²) in [5.74, 6) is 1.42. The number of benzene rings is 2. The minimum Gasteiger partial charge on any atom is -0.303 e. The number of fused-ring (bicyclic) bond motifs is 3. The Morgan fingerprint density at radius 1 is 0.870 bits per heavy atom. The summed E-state index contributed by atoms with van der Waals surface area (Å²) in [4.78, 5) is 2.67. The molecular formula is C22H27N. The van der Waals surface area contributed by atoms with E-state index in [0.29, 0.717) is 5.92 Å². The van der Waals surface area contributed by atoms with Gasteiger partial charge in [-0.2, -0.15) is 0 Å². The Kier molecular flexibility index (Phi) is 4.22. The van der Waals surface area contributed by atoms with Crippen molar-refractivity contribution < 1.29 is 0 Å². The number of rotatable bonds is 4. The Labute approximate surface area is 140 Å². The van der Waals surface area contributed by atoms with Crippen molar-refractivity contribution in [1.82, 2.24) is 4.90 Å². The number of piperidine rings is 1. The van der Waals surface area contributed by atoms with Gasteiger partial charge in [0.25, 0.3) is 0 Å². The summed E-state index contributed by atoms with van der Waals surface area (Å²) in [6.07, 6.45) is 5.34. The predicted octanol–water partition coefficient (Wildman–Crippen LogP) is 5.31. The van der Waals surface area contributed by atoms with Crippen LogP contribution in [0.3, 0.4) is 0 Å². The average molecular weight is 305 g/mol. The van der Waals surface area contributed by atoms with Crippen molar-refractivity contribution in [3.63, 3.8) is 0 Å². The molecule has 120 valence electrons. The Hall–Kier alpha value is -1.60. The highest BCUT2D eigenvalue weighted by atomic mass is 15.1. The van der Waals surface area contributed by atoms with E-state index in [9.17, 15) is 0 Å². The van der Waals surface area contributed by atoms with E-state index in [1.165, 1.54) is 56.4 Å². The van der Waals surface area contributed by atoms with Crippen LogP contribution in [0.4, 0.5) is 0 Å². The molecule has 1 heterocycles. The first-order valence-corrected chi connectivity index (χ1v) is 9.29. The van der Waals surface area contributed by atoms with Gasteiger partial charge in [-0.1, -0.05) is 61.9 Å².